The standard InChI is InChI=1S/C26H33F3N4O4Si/c1-25(2,24(34)35-3)16-37-19-9-7-18(8-10-19)20-11-12-21(32-31-20)23-30-22(26(27,28)29)15-33(23)17-36-13-14-38(4,5)6/h7-12,15H,13-14,16-17H2,1-6H3/p+1. The predicted octanol–water partition coefficient (Wildman–Crippen LogP) is 5.34. The van der Waals surface area contributed by atoms with Crippen molar-refractivity contribution in [1.82, 2.24) is 15.2 Å². The highest BCUT2D eigenvalue weighted by molar-refractivity contribution is 6.76. The molecule has 206 valence electrons. The van der Waals surface area contributed by atoms with Crippen LogP contribution in [0, 0.1) is 5.41 Å². The highest BCUT2D eigenvalue weighted by Crippen LogP contribution is 2.29. The Morgan fingerprint density at radius 3 is 2.21 bits per heavy atom. The van der Waals surface area contributed by atoms with Gasteiger partial charge in [-0.1, -0.05) is 19.6 Å². The van der Waals surface area contributed by atoms with E-state index in [9.17, 15) is 18.0 Å². The van der Waals surface area contributed by atoms with Gasteiger partial charge in [0.1, 0.15) is 18.6 Å². The van der Waals surface area contributed by atoms with E-state index in [1.54, 1.807) is 50.2 Å². The van der Waals surface area contributed by atoms with Crippen molar-refractivity contribution in [3.8, 4) is 28.5 Å². The molecule has 0 unspecified atom stereocenters. The summed E-state index contributed by atoms with van der Waals surface area (Å²) in [4.78, 5) is 14.2. The molecule has 1 aromatic carbocycles. The minimum absolute atomic E-state index is 0.0376. The fourth-order valence-electron chi connectivity index (χ4n) is 3.38. The highest BCUT2D eigenvalue weighted by Gasteiger charge is 2.39. The lowest BCUT2D eigenvalue weighted by molar-refractivity contribution is -0.721. The molecule has 0 aliphatic rings. The van der Waals surface area contributed by atoms with Crippen LogP contribution in [-0.4, -0.2) is 49.5 Å². The third kappa shape index (κ3) is 7.87. The van der Waals surface area contributed by atoms with Crippen molar-refractivity contribution < 1.29 is 36.7 Å². The van der Waals surface area contributed by atoms with E-state index in [1.165, 1.54) is 11.7 Å². The van der Waals surface area contributed by atoms with Crippen LogP contribution in [0.5, 0.6) is 5.75 Å². The summed E-state index contributed by atoms with van der Waals surface area (Å²) >= 11 is 0. The van der Waals surface area contributed by atoms with E-state index < -0.39 is 25.4 Å². The van der Waals surface area contributed by atoms with Crippen molar-refractivity contribution in [2.45, 2.75) is 52.4 Å². The molecular formula is C26H34F3N4O4Si+. The van der Waals surface area contributed by atoms with Gasteiger partial charge in [-0.15, -0.1) is 10.2 Å². The van der Waals surface area contributed by atoms with Gasteiger partial charge in [-0.2, -0.15) is 13.2 Å². The van der Waals surface area contributed by atoms with E-state index in [0.717, 1.165) is 17.8 Å². The number of benzene rings is 1. The fraction of sp³-hybridized carbons (Fsp3) is 0.462. The quantitative estimate of drug-likeness (QED) is 0.150. The molecule has 8 nitrogen and oxygen atoms in total. The number of carbonyl (C=O) groups is 1. The Bertz CT molecular complexity index is 1220. The number of ether oxygens (including phenoxy) is 3. The number of H-pyrrole nitrogens is 1. The molecule has 38 heavy (non-hydrogen) atoms. The number of halogens is 3. The van der Waals surface area contributed by atoms with Crippen molar-refractivity contribution in [1.29, 1.82) is 0 Å². The lowest BCUT2D eigenvalue weighted by atomic mass is 9.95. The summed E-state index contributed by atoms with van der Waals surface area (Å²) in [5.41, 5.74) is -0.153. The second kappa shape index (κ2) is 11.6. The van der Waals surface area contributed by atoms with Crippen LogP contribution >= 0.6 is 0 Å². The zero-order valence-electron chi connectivity index (χ0n) is 22.5. The number of imidazole rings is 1. The average Bonchev–Trinajstić information content (AvgIpc) is 3.30. The number of carbonyl (C=O) groups excluding carboxylic acids is 1. The van der Waals surface area contributed by atoms with Crippen LogP contribution in [-0.2, 0) is 27.2 Å². The average molecular weight is 552 g/mol. The molecule has 0 atom stereocenters. The largest absolute Gasteiger partial charge is 0.492 e. The Hall–Kier alpha value is -3.25. The van der Waals surface area contributed by atoms with Crippen LogP contribution in [0.25, 0.3) is 22.8 Å². The lowest BCUT2D eigenvalue weighted by Gasteiger charge is -2.21. The van der Waals surface area contributed by atoms with Gasteiger partial charge in [-0.05, 0) is 56.3 Å². The summed E-state index contributed by atoms with van der Waals surface area (Å²) in [6.07, 6.45) is -3.55. The number of nitrogens with zero attached hydrogens (tertiary/aromatic N) is 3. The number of aromatic nitrogens is 4. The maximum Gasteiger partial charge on any atom is 0.457 e. The van der Waals surface area contributed by atoms with Crippen molar-refractivity contribution in [2.24, 2.45) is 5.41 Å². The molecule has 0 aliphatic heterocycles. The van der Waals surface area contributed by atoms with E-state index in [-0.39, 0.29) is 30.8 Å². The van der Waals surface area contributed by atoms with E-state index in [1.807, 2.05) is 0 Å². The molecule has 0 radical (unpaired) electrons. The Balaban J connectivity index is 1.74. The van der Waals surface area contributed by atoms with Gasteiger partial charge in [-0.25, -0.2) is 9.55 Å². The van der Waals surface area contributed by atoms with Crippen LogP contribution in [0.4, 0.5) is 13.2 Å². The van der Waals surface area contributed by atoms with Crippen LogP contribution in [0.1, 0.15) is 19.5 Å². The van der Waals surface area contributed by atoms with E-state index in [2.05, 4.69) is 34.8 Å². The Morgan fingerprint density at radius 2 is 1.66 bits per heavy atom. The van der Waals surface area contributed by atoms with Crippen molar-refractivity contribution >= 4 is 14.0 Å². The summed E-state index contributed by atoms with van der Waals surface area (Å²) in [6.45, 7) is 10.7. The van der Waals surface area contributed by atoms with Crippen molar-refractivity contribution in [2.75, 3.05) is 20.3 Å². The van der Waals surface area contributed by atoms with Crippen LogP contribution < -0.4 is 9.30 Å². The molecule has 0 amide bonds. The summed E-state index contributed by atoms with van der Waals surface area (Å²) < 4.78 is 57.7. The molecule has 3 aromatic rings. The van der Waals surface area contributed by atoms with Crippen LogP contribution in [0.15, 0.2) is 42.6 Å². The predicted molar refractivity (Wildman–Crippen MR) is 138 cm³/mol. The number of rotatable bonds is 11. The highest BCUT2D eigenvalue weighted by atomic mass is 28.3. The number of aromatic amines is 1. The van der Waals surface area contributed by atoms with E-state index >= 15 is 0 Å². The first-order valence-electron chi connectivity index (χ1n) is 12.1. The molecule has 0 saturated heterocycles. The van der Waals surface area contributed by atoms with Crippen LogP contribution in [0.3, 0.4) is 0 Å². The molecule has 0 saturated carbocycles. The Kier molecular flexibility index (Phi) is 8.98. The van der Waals surface area contributed by atoms with Gasteiger partial charge in [-0.3, -0.25) is 4.79 Å². The van der Waals surface area contributed by atoms with Gasteiger partial charge in [0.05, 0.1) is 18.2 Å². The maximum atomic E-state index is 13.4. The number of methoxy groups -OCH3 is 1. The third-order valence-electron chi connectivity index (χ3n) is 5.75. The Labute approximate surface area is 221 Å². The normalized spacial score (nSPS) is 12.4. The van der Waals surface area contributed by atoms with Crippen molar-refractivity contribution in [3.63, 3.8) is 0 Å². The number of hydrogen-bond acceptors (Lipinski definition) is 6. The monoisotopic (exact) mass is 551 g/mol. The number of hydrogen-bond donors (Lipinski definition) is 1. The smallest absolute Gasteiger partial charge is 0.457 e. The molecular weight excluding hydrogens is 517 g/mol. The molecule has 12 heteroatoms. The second-order valence-electron chi connectivity index (χ2n) is 10.8. The maximum absolute atomic E-state index is 13.4. The molecule has 0 spiro atoms. The van der Waals surface area contributed by atoms with E-state index in [0.29, 0.717) is 18.1 Å². The first kappa shape index (κ1) is 29.3. The second-order valence-corrected chi connectivity index (χ2v) is 16.4. The number of nitrogens with one attached hydrogen (secondary N) is 1. The molecule has 2 aromatic heterocycles. The fourth-order valence-corrected chi connectivity index (χ4v) is 4.14. The molecule has 0 fully saturated rings. The zero-order chi connectivity index (χ0) is 28.1. The summed E-state index contributed by atoms with van der Waals surface area (Å²) in [5, 5.41) is 8.38. The summed E-state index contributed by atoms with van der Waals surface area (Å²) in [7, 11) is 0.00205. The lowest BCUT2D eigenvalue weighted by Crippen LogP contribution is -2.36. The first-order valence-corrected chi connectivity index (χ1v) is 15.8. The van der Waals surface area contributed by atoms with Gasteiger partial charge in [0.25, 0.3) is 0 Å². The minimum atomic E-state index is -4.54. The van der Waals surface area contributed by atoms with Gasteiger partial charge < -0.3 is 14.2 Å². The molecule has 0 bridgehead atoms. The SMILES string of the molecule is COC(=O)C(C)(C)COc1ccc(-c2ccc(-c3[nH]c(C(F)(F)F)c[n+]3COCC[Si](C)(C)C)nn2)cc1. The van der Waals surface area contributed by atoms with Gasteiger partial charge in [0, 0.05) is 20.2 Å². The minimum Gasteiger partial charge on any atom is -0.492 e. The third-order valence-corrected chi connectivity index (χ3v) is 7.46. The topological polar surface area (TPSA) is 90.2 Å². The molecule has 3 rings (SSSR count). The van der Waals surface area contributed by atoms with Gasteiger partial charge in [0.15, 0.2) is 12.4 Å². The number of esters is 1. The van der Waals surface area contributed by atoms with E-state index in [4.69, 9.17) is 14.2 Å². The van der Waals surface area contributed by atoms with Crippen LogP contribution in [0.2, 0.25) is 25.7 Å². The number of alkyl halides is 3. The van der Waals surface area contributed by atoms with Crippen molar-refractivity contribution in [3.05, 3.63) is 48.3 Å². The molecule has 2 heterocycles. The summed E-state index contributed by atoms with van der Waals surface area (Å²) in [5.74, 6) is 0.353. The van der Waals surface area contributed by atoms with Gasteiger partial charge in [0.2, 0.25) is 5.69 Å². The zero-order valence-corrected chi connectivity index (χ0v) is 23.5. The van der Waals surface area contributed by atoms with Gasteiger partial charge >= 0.3 is 18.0 Å². The molecule has 1 N–H and O–H groups in total. The Morgan fingerprint density at radius 1 is 1.03 bits per heavy atom. The first-order chi connectivity index (χ1) is 17.7. The molecule has 0 aliphatic carbocycles. The summed E-state index contributed by atoms with van der Waals surface area (Å²) in [6, 6.07) is 11.2.